The monoisotopic (exact) mass is 356 g/mol. The molecule has 6 heteroatoms. The number of nitrogens with one attached hydrogen (secondary N) is 1. The lowest BCUT2D eigenvalue weighted by molar-refractivity contribution is -0.132. The van der Waals surface area contributed by atoms with Crippen molar-refractivity contribution in [1.29, 1.82) is 0 Å². The molecule has 0 aliphatic heterocycles. The average Bonchev–Trinajstić information content (AvgIpc) is 3.13. The summed E-state index contributed by atoms with van der Waals surface area (Å²) in [6.45, 7) is 2.63. The molecule has 3 rings (SSSR count). The Morgan fingerprint density at radius 3 is 2.76 bits per heavy atom. The first-order valence-corrected chi connectivity index (χ1v) is 8.98. The number of pyridine rings is 1. The van der Waals surface area contributed by atoms with Gasteiger partial charge in [0.15, 0.2) is 0 Å². The van der Waals surface area contributed by atoms with Gasteiger partial charge < -0.3 is 14.6 Å². The van der Waals surface area contributed by atoms with Crippen LogP contribution < -0.4 is 10.3 Å². The summed E-state index contributed by atoms with van der Waals surface area (Å²) in [6, 6.07) is 11.3. The van der Waals surface area contributed by atoms with E-state index in [0.717, 1.165) is 21.5 Å². The molecule has 0 spiro atoms. The Morgan fingerprint density at radius 1 is 1.24 bits per heavy atom. The molecular formula is C19H20N2O3S. The number of H-pyrrole nitrogens is 1. The van der Waals surface area contributed by atoms with Crippen LogP contribution in [-0.4, -0.2) is 22.9 Å². The largest absolute Gasteiger partial charge is 0.497 e. The van der Waals surface area contributed by atoms with Crippen molar-refractivity contribution in [2.75, 3.05) is 7.11 Å². The van der Waals surface area contributed by atoms with Crippen LogP contribution in [0, 0.1) is 0 Å². The van der Waals surface area contributed by atoms with Gasteiger partial charge in [-0.3, -0.25) is 9.59 Å². The standard InChI is InChI=1S/C19H20N2O3S/c1-3-18(22)21(12-16-5-4-8-25-16)11-14-9-13-10-15(24-2)6-7-17(13)20-19(14)23/h4-10H,3,11-12H2,1-2H3,(H,20,23). The van der Waals surface area contributed by atoms with Gasteiger partial charge in [-0.15, -0.1) is 11.3 Å². The van der Waals surface area contributed by atoms with Crippen molar-refractivity contribution in [3.63, 3.8) is 0 Å². The maximum atomic E-state index is 12.4. The van der Waals surface area contributed by atoms with E-state index in [0.29, 0.717) is 18.5 Å². The molecule has 0 saturated carbocycles. The first-order valence-electron chi connectivity index (χ1n) is 8.11. The van der Waals surface area contributed by atoms with Gasteiger partial charge in [0.25, 0.3) is 5.56 Å². The second-order valence-corrected chi connectivity index (χ2v) is 6.79. The van der Waals surface area contributed by atoms with Crippen molar-refractivity contribution in [3.8, 4) is 5.75 Å². The van der Waals surface area contributed by atoms with E-state index in [2.05, 4.69) is 4.98 Å². The third-order valence-electron chi connectivity index (χ3n) is 4.07. The van der Waals surface area contributed by atoms with E-state index in [1.54, 1.807) is 23.3 Å². The second kappa shape index (κ2) is 7.53. The maximum absolute atomic E-state index is 12.4. The Hall–Kier alpha value is -2.60. The first kappa shape index (κ1) is 17.2. The molecule has 0 saturated heterocycles. The van der Waals surface area contributed by atoms with Crippen LogP contribution >= 0.6 is 11.3 Å². The highest BCUT2D eigenvalue weighted by molar-refractivity contribution is 7.09. The van der Waals surface area contributed by atoms with E-state index in [-0.39, 0.29) is 18.0 Å². The third kappa shape index (κ3) is 3.91. The summed E-state index contributed by atoms with van der Waals surface area (Å²) in [5.74, 6) is 0.754. The normalized spacial score (nSPS) is 10.8. The Bertz CT molecular complexity index is 931. The lowest BCUT2D eigenvalue weighted by atomic mass is 10.1. The lowest BCUT2D eigenvalue weighted by Gasteiger charge is -2.21. The fourth-order valence-electron chi connectivity index (χ4n) is 2.73. The minimum absolute atomic E-state index is 0.0264. The van der Waals surface area contributed by atoms with Gasteiger partial charge in [-0.25, -0.2) is 0 Å². The van der Waals surface area contributed by atoms with Gasteiger partial charge in [-0.2, -0.15) is 0 Å². The van der Waals surface area contributed by atoms with Crippen molar-refractivity contribution in [1.82, 2.24) is 9.88 Å². The summed E-state index contributed by atoms with van der Waals surface area (Å²) >= 11 is 1.61. The van der Waals surface area contributed by atoms with Gasteiger partial charge in [0, 0.05) is 27.8 Å². The van der Waals surface area contributed by atoms with Crippen molar-refractivity contribution in [2.24, 2.45) is 0 Å². The average molecular weight is 356 g/mol. The highest BCUT2D eigenvalue weighted by Gasteiger charge is 2.15. The molecule has 0 fully saturated rings. The molecule has 0 aliphatic rings. The number of hydrogen-bond donors (Lipinski definition) is 1. The molecule has 2 heterocycles. The molecule has 0 atom stereocenters. The van der Waals surface area contributed by atoms with Crippen molar-refractivity contribution >= 4 is 28.1 Å². The summed E-state index contributed by atoms with van der Waals surface area (Å²) in [4.78, 5) is 30.4. The van der Waals surface area contributed by atoms with Crippen LogP contribution in [-0.2, 0) is 17.9 Å². The number of rotatable bonds is 6. The highest BCUT2D eigenvalue weighted by Crippen LogP contribution is 2.20. The molecule has 3 aromatic rings. The Kier molecular flexibility index (Phi) is 5.19. The zero-order chi connectivity index (χ0) is 17.8. The molecule has 2 aromatic heterocycles. The lowest BCUT2D eigenvalue weighted by Crippen LogP contribution is -2.31. The van der Waals surface area contributed by atoms with Crippen molar-refractivity contribution in [2.45, 2.75) is 26.4 Å². The van der Waals surface area contributed by atoms with E-state index < -0.39 is 0 Å². The second-order valence-electron chi connectivity index (χ2n) is 5.76. The number of fused-ring (bicyclic) bond motifs is 1. The molecule has 0 aliphatic carbocycles. The van der Waals surface area contributed by atoms with Crippen LogP contribution in [0.2, 0.25) is 0 Å². The van der Waals surface area contributed by atoms with Gasteiger partial charge in [0.2, 0.25) is 5.91 Å². The van der Waals surface area contributed by atoms with Crippen LogP contribution in [0.3, 0.4) is 0 Å². The number of carbonyl (C=O) groups excluding carboxylic acids is 1. The Morgan fingerprint density at radius 2 is 2.08 bits per heavy atom. The fraction of sp³-hybridized carbons (Fsp3) is 0.263. The van der Waals surface area contributed by atoms with Gasteiger partial charge in [0.05, 0.1) is 20.2 Å². The van der Waals surface area contributed by atoms with Crippen LogP contribution in [0.1, 0.15) is 23.8 Å². The molecule has 1 aromatic carbocycles. The quantitative estimate of drug-likeness (QED) is 0.735. The SMILES string of the molecule is CCC(=O)N(Cc1cccs1)Cc1cc2cc(OC)ccc2[nH]c1=O. The summed E-state index contributed by atoms with van der Waals surface area (Å²) in [5, 5.41) is 2.87. The van der Waals surface area contributed by atoms with E-state index in [1.165, 1.54) is 0 Å². The summed E-state index contributed by atoms with van der Waals surface area (Å²) in [6.07, 6.45) is 0.407. The van der Waals surface area contributed by atoms with Crippen LogP contribution in [0.15, 0.2) is 46.6 Å². The predicted molar refractivity (Wildman–Crippen MR) is 100.0 cm³/mol. The fourth-order valence-corrected chi connectivity index (χ4v) is 3.45. The number of thiophene rings is 1. The molecular weight excluding hydrogens is 336 g/mol. The molecule has 5 nitrogen and oxygen atoms in total. The molecule has 25 heavy (non-hydrogen) atoms. The van der Waals surface area contributed by atoms with E-state index in [4.69, 9.17) is 4.74 Å². The molecule has 0 unspecified atom stereocenters. The van der Waals surface area contributed by atoms with E-state index in [1.807, 2.05) is 48.7 Å². The Labute approximate surface area is 149 Å². The smallest absolute Gasteiger partial charge is 0.253 e. The van der Waals surface area contributed by atoms with Gasteiger partial charge in [0.1, 0.15) is 5.75 Å². The Balaban J connectivity index is 1.93. The van der Waals surface area contributed by atoms with Gasteiger partial charge >= 0.3 is 0 Å². The van der Waals surface area contributed by atoms with Gasteiger partial charge in [-0.1, -0.05) is 13.0 Å². The predicted octanol–water partition coefficient (Wildman–Crippen LogP) is 3.54. The minimum Gasteiger partial charge on any atom is -0.497 e. The topological polar surface area (TPSA) is 62.4 Å². The highest BCUT2D eigenvalue weighted by atomic mass is 32.1. The molecule has 130 valence electrons. The molecule has 0 bridgehead atoms. The molecule has 1 N–H and O–H groups in total. The zero-order valence-corrected chi connectivity index (χ0v) is 15.1. The number of carbonyl (C=O) groups is 1. The number of benzene rings is 1. The number of methoxy groups -OCH3 is 1. The van der Waals surface area contributed by atoms with Gasteiger partial charge in [-0.05, 0) is 35.7 Å². The number of aromatic amines is 1. The zero-order valence-electron chi connectivity index (χ0n) is 14.2. The summed E-state index contributed by atoms with van der Waals surface area (Å²) < 4.78 is 5.24. The number of hydrogen-bond acceptors (Lipinski definition) is 4. The minimum atomic E-state index is -0.169. The molecule has 1 amide bonds. The molecule has 0 radical (unpaired) electrons. The number of nitrogens with zero attached hydrogens (tertiary/aromatic N) is 1. The number of ether oxygens (including phenoxy) is 1. The first-order chi connectivity index (χ1) is 12.1. The van der Waals surface area contributed by atoms with E-state index in [9.17, 15) is 9.59 Å². The van der Waals surface area contributed by atoms with E-state index >= 15 is 0 Å². The summed E-state index contributed by atoms with van der Waals surface area (Å²) in [7, 11) is 1.61. The third-order valence-corrected chi connectivity index (χ3v) is 4.93. The van der Waals surface area contributed by atoms with Crippen LogP contribution in [0.25, 0.3) is 10.9 Å². The van der Waals surface area contributed by atoms with Crippen LogP contribution in [0.5, 0.6) is 5.75 Å². The summed E-state index contributed by atoms with van der Waals surface area (Å²) in [5.41, 5.74) is 1.15. The van der Waals surface area contributed by atoms with Crippen molar-refractivity contribution in [3.05, 3.63) is 62.6 Å². The van der Waals surface area contributed by atoms with Crippen molar-refractivity contribution < 1.29 is 9.53 Å². The number of amides is 1. The number of aromatic nitrogens is 1. The maximum Gasteiger partial charge on any atom is 0.253 e. The van der Waals surface area contributed by atoms with Crippen LogP contribution in [0.4, 0.5) is 0 Å².